The second-order valence-corrected chi connectivity index (χ2v) is 9.00. The maximum atomic E-state index is 12.9. The molecule has 0 saturated heterocycles. The van der Waals surface area contributed by atoms with E-state index in [1.165, 1.54) is 6.07 Å². The van der Waals surface area contributed by atoms with Crippen molar-refractivity contribution >= 4 is 15.9 Å². The summed E-state index contributed by atoms with van der Waals surface area (Å²) in [6.07, 6.45) is 0. The molecule has 3 aromatic rings. The van der Waals surface area contributed by atoms with Gasteiger partial charge in [-0.05, 0) is 86.7 Å². The zero-order valence-corrected chi connectivity index (χ0v) is 19.0. The number of carbonyl (C=O) groups excluding carboxylic acids is 1. The Morgan fingerprint density at radius 1 is 0.871 bits per heavy atom. The van der Waals surface area contributed by atoms with E-state index in [1.807, 2.05) is 51.1 Å². The molecule has 0 saturated carbocycles. The first-order valence-electron chi connectivity index (χ1n) is 9.77. The van der Waals surface area contributed by atoms with Crippen LogP contribution in [0.2, 0.25) is 0 Å². The van der Waals surface area contributed by atoms with Crippen LogP contribution in [0.15, 0.2) is 51.8 Å². The molecule has 0 fully saturated rings. The van der Waals surface area contributed by atoms with E-state index in [0.29, 0.717) is 22.6 Å². The van der Waals surface area contributed by atoms with Crippen LogP contribution in [0.25, 0.3) is 0 Å². The molecule has 0 aliphatic rings. The number of hydrogen-bond donors (Lipinski definition) is 2. The van der Waals surface area contributed by atoms with E-state index in [2.05, 4.69) is 10.3 Å². The molecule has 164 valence electrons. The molecule has 7 nitrogen and oxygen atoms in total. The minimum Gasteiger partial charge on any atom is -0.486 e. The number of hydrazine groups is 1. The predicted molar refractivity (Wildman–Crippen MR) is 117 cm³/mol. The normalized spacial score (nSPS) is 11.4. The lowest BCUT2D eigenvalue weighted by molar-refractivity contribution is 0.0913. The van der Waals surface area contributed by atoms with Crippen molar-refractivity contribution < 1.29 is 22.4 Å². The van der Waals surface area contributed by atoms with Gasteiger partial charge in [-0.25, -0.2) is 8.42 Å². The molecule has 1 amide bonds. The van der Waals surface area contributed by atoms with Gasteiger partial charge < -0.3 is 9.15 Å². The van der Waals surface area contributed by atoms with E-state index in [1.54, 1.807) is 19.9 Å². The van der Waals surface area contributed by atoms with Gasteiger partial charge in [0, 0.05) is 0 Å². The second-order valence-electron chi connectivity index (χ2n) is 7.38. The molecule has 0 atom stereocenters. The minimum atomic E-state index is -3.97. The zero-order valence-electron chi connectivity index (χ0n) is 18.2. The summed E-state index contributed by atoms with van der Waals surface area (Å²) in [5, 5.41) is 0. The first-order chi connectivity index (χ1) is 14.6. The lowest BCUT2D eigenvalue weighted by Gasteiger charge is -2.19. The molecule has 1 aromatic heterocycles. The van der Waals surface area contributed by atoms with Gasteiger partial charge in [-0.1, -0.05) is 18.2 Å². The van der Waals surface area contributed by atoms with Gasteiger partial charge in [-0.15, -0.1) is 4.83 Å². The van der Waals surface area contributed by atoms with Gasteiger partial charge in [0.15, 0.2) is 5.76 Å². The summed E-state index contributed by atoms with van der Waals surface area (Å²) in [4.78, 5) is 14.7. The number of amides is 1. The van der Waals surface area contributed by atoms with Crippen molar-refractivity contribution in [2.75, 3.05) is 0 Å². The molecule has 8 heteroatoms. The molecule has 0 aliphatic heterocycles. The van der Waals surface area contributed by atoms with Crippen LogP contribution in [0, 0.1) is 34.6 Å². The third-order valence-electron chi connectivity index (χ3n) is 5.51. The van der Waals surface area contributed by atoms with Crippen LogP contribution in [0.3, 0.4) is 0 Å². The maximum absolute atomic E-state index is 12.9. The molecule has 2 N–H and O–H groups in total. The lowest BCUT2D eigenvalue weighted by atomic mass is 9.95. The third-order valence-corrected chi connectivity index (χ3v) is 7.03. The first-order valence-corrected chi connectivity index (χ1v) is 11.3. The smallest absolute Gasteiger partial charge is 0.301 e. The predicted octanol–water partition coefficient (Wildman–Crippen LogP) is 4.02. The average molecular weight is 443 g/mol. The summed E-state index contributed by atoms with van der Waals surface area (Å²) in [6.45, 7) is 9.40. The van der Waals surface area contributed by atoms with Crippen LogP contribution in [-0.4, -0.2) is 14.3 Å². The fourth-order valence-electron chi connectivity index (χ4n) is 3.34. The number of ether oxygens (including phenoxy) is 1. The largest absolute Gasteiger partial charge is 0.486 e. The number of nitrogens with one attached hydrogen (secondary N) is 2. The van der Waals surface area contributed by atoms with Crippen molar-refractivity contribution in [1.29, 1.82) is 0 Å². The van der Waals surface area contributed by atoms with Crippen molar-refractivity contribution in [3.8, 4) is 5.75 Å². The van der Waals surface area contributed by atoms with Crippen LogP contribution < -0.4 is 15.0 Å². The summed E-state index contributed by atoms with van der Waals surface area (Å²) in [6, 6.07) is 12.3. The van der Waals surface area contributed by atoms with Crippen molar-refractivity contribution in [2.45, 2.75) is 46.1 Å². The number of para-hydroxylation sites is 1. The Balaban J connectivity index is 1.69. The van der Waals surface area contributed by atoms with E-state index < -0.39 is 15.9 Å². The maximum Gasteiger partial charge on any atom is 0.301 e. The molecule has 31 heavy (non-hydrogen) atoms. The van der Waals surface area contributed by atoms with Crippen LogP contribution in [0.5, 0.6) is 5.75 Å². The van der Waals surface area contributed by atoms with Gasteiger partial charge in [0.05, 0.1) is 4.90 Å². The molecule has 2 aromatic carbocycles. The molecule has 0 unspecified atom stereocenters. The van der Waals surface area contributed by atoms with Crippen molar-refractivity contribution in [1.82, 2.24) is 10.3 Å². The Labute approximate surface area is 182 Å². The van der Waals surface area contributed by atoms with Crippen LogP contribution in [-0.2, 0) is 16.6 Å². The second kappa shape index (κ2) is 8.95. The van der Waals surface area contributed by atoms with Crippen LogP contribution >= 0.6 is 0 Å². The topological polar surface area (TPSA) is 97.6 Å². The number of furan rings is 1. The fraction of sp³-hybridized carbons (Fsp3) is 0.261. The Hall–Kier alpha value is -3.10. The van der Waals surface area contributed by atoms with Crippen LogP contribution in [0.1, 0.15) is 44.1 Å². The molecular formula is C23H26N2O5S. The minimum absolute atomic E-state index is 0.0286. The van der Waals surface area contributed by atoms with Crippen molar-refractivity contribution in [3.63, 3.8) is 0 Å². The molecule has 0 spiro atoms. The quantitative estimate of drug-likeness (QED) is 0.539. The monoisotopic (exact) mass is 442 g/mol. The highest BCUT2D eigenvalue weighted by atomic mass is 32.2. The summed E-state index contributed by atoms with van der Waals surface area (Å²) in [7, 11) is -3.97. The third kappa shape index (κ3) is 4.81. The number of hydrogen-bond acceptors (Lipinski definition) is 5. The highest BCUT2D eigenvalue weighted by Crippen LogP contribution is 2.29. The van der Waals surface area contributed by atoms with E-state index in [-0.39, 0.29) is 17.3 Å². The highest BCUT2D eigenvalue weighted by molar-refractivity contribution is 7.89. The van der Waals surface area contributed by atoms with Gasteiger partial charge in [0.1, 0.15) is 18.1 Å². The van der Waals surface area contributed by atoms with Crippen molar-refractivity contribution in [2.24, 2.45) is 0 Å². The van der Waals surface area contributed by atoms with E-state index in [9.17, 15) is 13.2 Å². The summed E-state index contributed by atoms with van der Waals surface area (Å²) in [5.41, 5.74) is 6.40. The van der Waals surface area contributed by atoms with E-state index >= 15 is 0 Å². The summed E-state index contributed by atoms with van der Waals surface area (Å²) >= 11 is 0. The van der Waals surface area contributed by atoms with Crippen molar-refractivity contribution in [3.05, 3.63) is 81.8 Å². The molecular weight excluding hydrogens is 416 g/mol. The van der Waals surface area contributed by atoms with Gasteiger partial charge in [0.2, 0.25) is 0 Å². The van der Waals surface area contributed by atoms with Gasteiger partial charge in [-0.3, -0.25) is 10.2 Å². The standard InChI is InChI=1S/C23H26N2O5S/c1-14-15(2)17(4)22(18(5)16(14)3)31(27,28)25-24-23(26)21-12-11-20(30-21)13-29-19-9-7-6-8-10-19/h6-12,25H,13H2,1-5H3,(H,24,26). The number of sulfonamides is 1. The average Bonchev–Trinajstić information content (AvgIpc) is 3.23. The zero-order chi connectivity index (χ0) is 22.8. The number of benzene rings is 2. The number of carbonyl (C=O) groups is 1. The summed E-state index contributed by atoms with van der Waals surface area (Å²) in [5.74, 6) is 0.380. The van der Waals surface area contributed by atoms with E-state index in [4.69, 9.17) is 9.15 Å². The molecule has 0 aliphatic carbocycles. The fourth-order valence-corrected chi connectivity index (χ4v) is 4.79. The SMILES string of the molecule is Cc1c(C)c(C)c(S(=O)(=O)NNC(=O)c2ccc(COc3ccccc3)o2)c(C)c1C. The Morgan fingerprint density at radius 3 is 2.06 bits per heavy atom. The van der Waals surface area contributed by atoms with E-state index in [0.717, 1.165) is 16.7 Å². The Bertz CT molecular complexity index is 1190. The highest BCUT2D eigenvalue weighted by Gasteiger charge is 2.24. The Morgan fingerprint density at radius 2 is 1.45 bits per heavy atom. The van der Waals surface area contributed by atoms with Gasteiger partial charge >= 0.3 is 5.91 Å². The first kappa shape index (κ1) is 22.6. The molecule has 1 heterocycles. The van der Waals surface area contributed by atoms with Gasteiger partial charge in [0.25, 0.3) is 10.0 Å². The molecule has 0 radical (unpaired) electrons. The molecule has 3 rings (SSSR count). The molecule has 0 bridgehead atoms. The lowest BCUT2D eigenvalue weighted by Crippen LogP contribution is -2.42. The summed E-state index contributed by atoms with van der Waals surface area (Å²) < 4.78 is 36.9. The Kier molecular flexibility index (Phi) is 6.52. The number of rotatable bonds is 7. The van der Waals surface area contributed by atoms with Crippen LogP contribution in [0.4, 0.5) is 0 Å². The van der Waals surface area contributed by atoms with Gasteiger partial charge in [-0.2, -0.15) is 0 Å².